The zero-order valence-corrected chi connectivity index (χ0v) is 9.53. The number of nitrogens with one attached hydrogen (secondary N) is 1. The highest BCUT2D eigenvalue weighted by molar-refractivity contribution is 7.15. The van der Waals surface area contributed by atoms with Gasteiger partial charge >= 0.3 is 0 Å². The van der Waals surface area contributed by atoms with E-state index in [0.717, 1.165) is 34.4 Å². The summed E-state index contributed by atoms with van der Waals surface area (Å²) in [6, 6.07) is 7.82. The van der Waals surface area contributed by atoms with Crippen molar-refractivity contribution in [3.63, 3.8) is 0 Å². The van der Waals surface area contributed by atoms with Gasteiger partial charge in [-0.2, -0.15) is 0 Å². The predicted octanol–water partition coefficient (Wildman–Crippen LogP) is 3.43. The van der Waals surface area contributed by atoms with Gasteiger partial charge in [-0.05, 0) is 12.1 Å². The molecule has 1 aromatic heterocycles. The van der Waals surface area contributed by atoms with E-state index >= 15 is 0 Å². The third-order valence-electron chi connectivity index (χ3n) is 2.43. The Balaban J connectivity index is 2.02. The minimum Gasteiger partial charge on any atom is -0.369 e. The molecule has 0 aliphatic carbocycles. The highest BCUT2D eigenvalue weighted by atomic mass is 35.5. The summed E-state index contributed by atoms with van der Waals surface area (Å²) < 4.78 is 0. The molecule has 1 aromatic carbocycles. The molecule has 76 valence electrons. The van der Waals surface area contributed by atoms with Gasteiger partial charge in [0.1, 0.15) is 10.8 Å². The molecule has 1 aliphatic heterocycles. The number of fused-ring (bicyclic) bond motifs is 1. The Hall–Kier alpha value is -1.06. The summed E-state index contributed by atoms with van der Waals surface area (Å²) >= 11 is 7.61. The van der Waals surface area contributed by atoms with E-state index in [1.54, 1.807) is 11.3 Å². The number of nitrogens with zero attached hydrogens (tertiary/aromatic N) is 1. The lowest BCUT2D eigenvalue weighted by Gasteiger charge is -1.96. The summed E-state index contributed by atoms with van der Waals surface area (Å²) in [7, 11) is 0. The van der Waals surface area contributed by atoms with Crippen LogP contribution in [0.2, 0.25) is 5.02 Å². The summed E-state index contributed by atoms with van der Waals surface area (Å²) in [4.78, 5) is 5.92. The summed E-state index contributed by atoms with van der Waals surface area (Å²) in [5, 5.41) is 5.11. The van der Waals surface area contributed by atoms with Crippen LogP contribution in [0.15, 0.2) is 24.3 Å². The second-order valence-electron chi connectivity index (χ2n) is 3.47. The Bertz CT molecular complexity index is 468. The molecule has 2 heterocycles. The number of halogens is 1. The largest absolute Gasteiger partial charge is 0.369 e. The molecular weight excluding hydrogens is 228 g/mol. The van der Waals surface area contributed by atoms with Gasteiger partial charge in [0.2, 0.25) is 0 Å². The molecule has 0 saturated heterocycles. The quantitative estimate of drug-likeness (QED) is 0.821. The molecule has 0 amide bonds. The predicted molar refractivity (Wildman–Crippen MR) is 64.8 cm³/mol. The molecule has 0 spiro atoms. The minimum atomic E-state index is 0.765. The van der Waals surface area contributed by atoms with Crippen molar-refractivity contribution in [3.05, 3.63) is 34.2 Å². The van der Waals surface area contributed by atoms with Crippen LogP contribution in [-0.4, -0.2) is 11.5 Å². The standard InChI is InChI=1S/C11H9ClN2S/c12-8-3-1-7(2-4-8)11-14-10-9(15-11)5-6-13-10/h1-4,13H,5-6H2. The first kappa shape index (κ1) is 9.19. The number of thiazole rings is 1. The van der Waals surface area contributed by atoms with Crippen LogP contribution in [0, 0.1) is 0 Å². The molecule has 0 bridgehead atoms. The minimum absolute atomic E-state index is 0.765. The number of anilines is 1. The van der Waals surface area contributed by atoms with E-state index in [0.29, 0.717) is 0 Å². The van der Waals surface area contributed by atoms with Crippen molar-refractivity contribution >= 4 is 28.8 Å². The lowest BCUT2D eigenvalue weighted by atomic mass is 10.2. The fourth-order valence-corrected chi connectivity index (χ4v) is 2.84. The summed E-state index contributed by atoms with van der Waals surface area (Å²) in [6.07, 6.45) is 1.10. The molecular formula is C11H9ClN2S. The normalized spacial score (nSPS) is 13.7. The molecule has 0 saturated carbocycles. The maximum Gasteiger partial charge on any atom is 0.141 e. The molecule has 0 fully saturated rings. The van der Waals surface area contributed by atoms with Crippen molar-refractivity contribution in [2.75, 3.05) is 11.9 Å². The van der Waals surface area contributed by atoms with E-state index in [4.69, 9.17) is 11.6 Å². The summed E-state index contributed by atoms with van der Waals surface area (Å²) in [6.45, 7) is 1.02. The highest BCUT2D eigenvalue weighted by Crippen LogP contribution is 2.34. The van der Waals surface area contributed by atoms with Crippen LogP contribution in [0.3, 0.4) is 0 Å². The van der Waals surface area contributed by atoms with Gasteiger partial charge in [0.05, 0.1) is 4.88 Å². The number of hydrogen-bond acceptors (Lipinski definition) is 3. The van der Waals surface area contributed by atoms with Crippen LogP contribution >= 0.6 is 22.9 Å². The zero-order chi connectivity index (χ0) is 10.3. The van der Waals surface area contributed by atoms with Gasteiger partial charge in [0, 0.05) is 23.6 Å². The van der Waals surface area contributed by atoms with Crippen LogP contribution in [0.25, 0.3) is 10.6 Å². The second kappa shape index (κ2) is 3.51. The van der Waals surface area contributed by atoms with Crippen molar-refractivity contribution in [2.24, 2.45) is 0 Å². The Kier molecular flexibility index (Phi) is 2.15. The maximum absolute atomic E-state index is 5.84. The molecule has 1 N–H and O–H groups in total. The first-order chi connectivity index (χ1) is 7.33. The Morgan fingerprint density at radius 1 is 1.27 bits per heavy atom. The molecule has 2 aromatic rings. The van der Waals surface area contributed by atoms with Crippen LogP contribution in [0.4, 0.5) is 5.82 Å². The van der Waals surface area contributed by atoms with Gasteiger partial charge in [0.25, 0.3) is 0 Å². The fourth-order valence-electron chi connectivity index (χ4n) is 1.67. The van der Waals surface area contributed by atoms with Gasteiger partial charge in [-0.1, -0.05) is 23.7 Å². The van der Waals surface area contributed by atoms with Gasteiger partial charge in [0.15, 0.2) is 0 Å². The van der Waals surface area contributed by atoms with Gasteiger partial charge < -0.3 is 5.32 Å². The molecule has 3 rings (SSSR count). The van der Waals surface area contributed by atoms with E-state index in [2.05, 4.69) is 10.3 Å². The van der Waals surface area contributed by atoms with E-state index < -0.39 is 0 Å². The van der Waals surface area contributed by atoms with Crippen LogP contribution in [-0.2, 0) is 6.42 Å². The fraction of sp³-hybridized carbons (Fsp3) is 0.182. The van der Waals surface area contributed by atoms with Gasteiger partial charge in [-0.15, -0.1) is 11.3 Å². The molecule has 0 unspecified atom stereocenters. The van der Waals surface area contributed by atoms with E-state index in [1.165, 1.54) is 4.88 Å². The SMILES string of the molecule is Clc1ccc(-c2nc3c(s2)CCN3)cc1. The van der Waals surface area contributed by atoms with E-state index in [9.17, 15) is 0 Å². The lowest BCUT2D eigenvalue weighted by Crippen LogP contribution is -1.93. The van der Waals surface area contributed by atoms with Crippen molar-refractivity contribution in [3.8, 4) is 10.6 Å². The molecule has 4 heteroatoms. The number of aromatic nitrogens is 1. The lowest BCUT2D eigenvalue weighted by molar-refractivity contribution is 1.12. The number of rotatable bonds is 1. The Morgan fingerprint density at radius 2 is 2.07 bits per heavy atom. The van der Waals surface area contributed by atoms with Crippen molar-refractivity contribution < 1.29 is 0 Å². The summed E-state index contributed by atoms with van der Waals surface area (Å²) in [5.74, 6) is 1.06. The second-order valence-corrected chi connectivity index (χ2v) is 4.99. The first-order valence-corrected chi connectivity index (χ1v) is 6.02. The molecule has 1 aliphatic rings. The Morgan fingerprint density at radius 3 is 2.80 bits per heavy atom. The number of benzene rings is 1. The first-order valence-electron chi connectivity index (χ1n) is 4.82. The van der Waals surface area contributed by atoms with Crippen molar-refractivity contribution in [1.29, 1.82) is 0 Å². The average molecular weight is 237 g/mol. The molecule has 15 heavy (non-hydrogen) atoms. The van der Waals surface area contributed by atoms with Crippen molar-refractivity contribution in [1.82, 2.24) is 4.98 Å². The van der Waals surface area contributed by atoms with E-state index in [-0.39, 0.29) is 0 Å². The third kappa shape index (κ3) is 1.62. The maximum atomic E-state index is 5.84. The Labute approximate surface area is 96.9 Å². The van der Waals surface area contributed by atoms with E-state index in [1.807, 2.05) is 24.3 Å². The monoisotopic (exact) mass is 236 g/mol. The van der Waals surface area contributed by atoms with Gasteiger partial charge in [-0.3, -0.25) is 0 Å². The summed E-state index contributed by atoms with van der Waals surface area (Å²) in [5.41, 5.74) is 1.14. The van der Waals surface area contributed by atoms with Crippen LogP contribution in [0.5, 0.6) is 0 Å². The zero-order valence-electron chi connectivity index (χ0n) is 7.96. The molecule has 0 atom stereocenters. The molecule has 0 radical (unpaired) electrons. The average Bonchev–Trinajstić information content (AvgIpc) is 2.78. The van der Waals surface area contributed by atoms with Crippen molar-refractivity contribution in [2.45, 2.75) is 6.42 Å². The van der Waals surface area contributed by atoms with Gasteiger partial charge in [-0.25, -0.2) is 4.98 Å². The molecule has 2 nitrogen and oxygen atoms in total. The highest BCUT2D eigenvalue weighted by Gasteiger charge is 2.16. The third-order valence-corrected chi connectivity index (χ3v) is 3.85. The number of hydrogen-bond donors (Lipinski definition) is 1. The van der Waals surface area contributed by atoms with Crippen LogP contribution in [0.1, 0.15) is 4.88 Å². The topological polar surface area (TPSA) is 24.9 Å². The van der Waals surface area contributed by atoms with Crippen LogP contribution < -0.4 is 5.32 Å². The smallest absolute Gasteiger partial charge is 0.141 e.